The van der Waals surface area contributed by atoms with Crippen molar-refractivity contribution in [3.8, 4) is 0 Å². The van der Waals surface area contributed by atoms with Crippen LogP contribution in [0, 0.1) is 5.41 Å². The van der Waals surface area contributed by atoms with Crippen LogP contribution in [0.25, 0.3) is 0 Å². The highest BCUT2D eigenvalue weighted by Gasteiger charge is 2.50. The summed E-state index contributed by atoms with van der Waals surface area (Å²) in [7, 11) is 0. The maximum Gasteiger partial charge on any atom is 0.329 e. The molecule has 1 aliphatic heterocycles. The summed E-state index contributed by atoms with van der Waals surface area (Å²) in [6.07, 6.45) is 4.57. The summed E-state index contributed by atoms with van der Waals surface area (Å²) in [5.74, 6) is -0.962. The number of carbonyl (C=O) groups is 2. The Kier molecular flexibility index (Phi) is 3.61. The summed E-state index contributed by atoms with van der Waals surface area (Å²) in [5, 5.41) is 15.3. The summed E-state index contributed by atoms with van der Waals surface area (Å²) in [6.45, 7) is 3.57. The minimum Gasteiger partial charge on any atom is -0.480 e. The van der Waals surface area contributed by atoms with E-state index in [0.717, 1.165) is 32.2 Å². The van der Waals surface area contributed by atoms with Crippen molar-refractivity contribution in [2.24, 2.45) is 5.41 Å². The number of hydrogen-bond donors (Lipinski definition) is 3. The van der Waals surface area contributed by atoms with Gasteiger partial charge in [-0.3, -0.25) is 4.79 Å². The van der Waals surface area contributed by atoms with Crippen LogP contribution in [-0.4, -0.2) is 35.6 Å². The lowest BCUT2D eigenvalue weighted by Crippen LogP contribution is -2.62. The predicted molar refractivity (Wildman–Crippen MR) is 67.2 cm³/mol. The second-order valence-corrected chi connectivity index (χ2v) is 5.65. The molecule has 5 nitrogen and oxygen atoms in total. The van der Waals surface area contributed by atoms with E-state index in [1.807, 2.05) is 0 Å². The van der Waals surface area contributed by atoms with Crippen LogP contribution in [0.15, 0.2) is 0 Å². The van der Waals surface area contributed by atoms with E-state index < -0.39 is 16.9 Å². The van der Waals surface area contributed by atoms with Gasteiger partial charge < -0.3 is 15.7 Å². The zero-order chi connectivity index (χ0) is 13.2. The van der Waals surface area contributed by atoms with Crippen molar-refractivity contribution in [1.82, 2.24) is 10.6 Å². The lowest BCUT2D eigenvalue weighted by molar-refractivity contribution is -0.153. The Morgan fingerprint density at radius 2 is 2.06 bits per heavy atom. The van der Waals surface area contributed by atoms with Crippen LogP contribution in [0.1, 0.15) is 45.4 Å². The number of carboxylic acid groups (broad SMARTS) is 1. The molecular formula is C13H22N2O3. The van der Waals surface area contributed by atoms with Crippen LogP contribution < -0.4 is 10.6 Å². The van der Waals surface area contributed by atoms with Crippen molar-refractivity contribution in [3.05, 3.63) is 0 Å². The van der Waals surface area contributed by atoms with Gasteiger partial charge in [-0.2, -0.15) is 0 Å². The molecule has 0 bridgehead atoms. The summed E-state index contributed by atoms with van der Waals surface area (Å²) in [6, 6.07) is 0. The third kappa shape index (κ3) is 2.11. The fraction of sp³-hybridized carbons (Fsp3) is 0.846. The molecule has 102 valence electrons. The average Bonchev–Trinajstić information content (AvgIpc) is 2.73. The van der Waals surface area contributed by atoms with Crippen LogP contribution in [0.5, 0.6) is 0 Å². The van der Waals surface area contributed by atoms with Crippen LogP contribution in [-0.2, 0) is 9.59 Å². The van der Waals surface area contributed by atoms with Gasteiger partial charge in [0.15, 0.2) is 0 Å². The van der Waals surface area contributed by atoms with Gasteiger partial charge in [0.2, 0.25) is 5.91 Å². The molecule has 2 rings (SSSR count). The van der Waals surface area contributed by atoms with E-state index in [1.54, 1.807) is 0 Å². The van der Waals surface area contributed by atoms with Gasteiger partial charge in [0, 0.05) is 6.54 Å². The van der Waals surface area contributed by atoms with Crippen LogP contribution in [0.3, 0.4) is 0 Å². The fourth-order valence-electron chi connectivity index (χ4n) is 3.02. The molecule has 1 aliphatic carbocycles. The first-order valence-electron chi connectivity index (χ1n) is 6.81. The number of hydrogen-bond acceptors (Lipinski definition) is 3. The third-order valence-corrected chi connectivity index (χ3v) is 4.42. The Balaban J connectivity index is 2.08. The lowest BCUT2D eigenvalue weighted by Gasteiger charge is -2.41. The minimum absolute atomic E-state index is 0.0727. The zero-order valence-electron chi connectivity index (χ0n) is 10.9. The molecule has 1 saturated carbocycles. The highest BCUT2D eigenvalue weighted by Crippen LogP contribution is 2.36. The number of carbonyl (C=O) groups excluding carboxylic acids is 1. The van der Waals surface area contributed by atoms with Gasteiger partial charge in [0.25, 0.3) is 0 Å². The van der Waals surface area contributed by atoms with Crippen molar-refractivity contribution < 1.29 is 14.7 Å². The first kappa shape index (κ1) is 13.3. The molecule has 3 N–H and O–H groups in total. The molecule has 0 radical (unpaired) electrons. The number of nitrogens with one attached hydrogen (secondary N) is 2. The van der Waals surface area contributed by atoms with Gasteiger partial charge in [-0.15, -0.1) is 0 Å². The predicted octanol–water partition coefficient (Wildman–Crippen LogP) is 0.890. The molecule has 0 aromatic rings. The topological polar surface area (TPSA) is 78.4 Å². The SMILES string of the molecule is CCCC1(C(=O)NC2(C(=O)O)CCC2)CCNC1. The quantitative estimate of drug-likeness (QED) is 0.681. The molecule has 1 saturated heterocycles. The second kappa shape index (κ2) is 4.88. The van der Waals surface area contributed by atoms with Gasteiger partial charge in [-0.1, -0.05) is 13.3 Å². The van der Waals surface area contributed by atoms with E-state index >= 15 is 0 Å². The Hall–Kier alpha value is -1.10. The van der Waals surface area contributed by atoms with Crippen LogP contribution in [0.4, 0.5) is 0 Å². The van der Waals surface area contributed by atoms with Crippen molar-refractivity contribution >= 4 is 11.9 Å². The van der Waals surface area contributed by atoms with Crippen molar-refractivity contribution in [1.29, 1.82) is 0 Å². The van der Waals surface area contributed by atoms with E-state index in [0.29, 0.717) is 19.4 Å². The number of amides is 1. The molecule has 1 heterocycles. The maximum absolute atomic E-state index is 12.5. The Morgan fingerprint density at radius 3 is 2.44 bits per heavy atom. The van der Waals surface area contributed by atoms with E-state index in [2.05, 4.69) is 17.6 Å². The summed E-state index contributed by atoms with van der Waals surface area (Å²) in [4.78, 5) is 23.7. The number of carboxylic acids is 1. The molecular weight excluding hydrogens is 232 g/mol. The summed E-state index contributed by atoms with van der Waals surface area (Å²) in [5.41, 5.74) is -1.38. The first-order valence-corrected chi connectivity index (χ1v) is 6.81. The molecule has 18 heavy (non-hydrogen) atoms. The fourth-order valence-corrected chi connectivity index (χ4v) is 3.02. The number of aliphatic carboxylic acids is 1. The normalized spacial score (nSPS) is 29.6. The molecule has 0 spiro atoms. The molecule has 0 aromatic heterocycles. The molecule has 1 amide bonds. The number of rotatable bonds is 5. The second-order valence-electron chi connectivity index (χ2n) is 5.65. The van der Waals surface area contributed by atoms with Gasteiger partial charge in [-0.05, 0) is 38.6 Å². The Bertz CT molecular complexity index is 344. The van der Waals surface area contributed by atoms with E-state index in [1.165, 1.54) is 0 Å². The first-order chi connectivity index (χ1) is 8.55. The summed E-state index contributed by atoms with van der Waals surface area (Å²) < 4.78 is 0. The monoisotopic (exact) mass is 254 g/mol. The maximum atomic E-state index is 12.5. The van der Waals surface area contributed by atoms with Gasteiger partial charge in [0.05, 0.1) is 5.41 Å². The smallest absolute Gasteiger partial charge is 0.329 e. The van der Waals surface area contributed by atoms with Crippen LogP contribution in [0.2, 0.25) is 0 Å². The molecule has 0 aromatic carbocycles. The molecule has 1 atom stereocenters. The molecule has 5 heteroatoms. The molecule has 2 aliphatic rings. The minimum atomic E-state index is -0.986. The van der Waals surface area contributed by atoms with E-state index in [9.17, 15) is 14.7 Å². The van der Waals surface area contributed by atoms with Crippen molar-refractivity contribution in [3.63, 3.8) is 0 Å². The van der Waals surface area contributed by atoms with E-state index in [-0.39, 0.29) is 5.91 Å². The zero-order valence-corrected chi connectivity index (χ0v) is 10.9. The highest BCUT2D eigenvalue weighted by atomic mass is 16.4. The molecule has 2 fully saturated rings. The van der Waals surface area contributed by atoms with Gasteiger partial charge >= 0.3 is 5.97 Å². The van der Waals surface area contributed by atoms with Crippen molar-refractivity contribution in [2.75, 3.05) is 13.1 Å². The highest BCUT2D eigenvalue weighted by molar-refractivity contribution is 5.91. The third-order valence-electron chi connectivity index (χ3n) is 4.42. The Labute approximate surface area is 107 Å². The average molecular weight is 254 g/mol. The van der Waals surface area contributed by atoms with Gasteiger partial charge in [0.1, 0.15) is 5.54 Å². The lowest BCUT2D eigenvalue weighted by atomic mass is 9.74. The van der Waals surface area contributed by atoms with E-state index in [4.69, 9.17) is 0 Å². The van der Waals surface area contributed by atoms with Gasteiger partial charge in [-0.25, -0.2) is 4.79 Å². The Morgan fingerprint density at radius 1 is 1.33 bits per heavy atom. The van der Waals surface area contributed by atoms with Crippen molar-refractivity contribution in [2.45, 2.75) is 51.0 Å². The van der Waals surface area contributed by atoms with Crippen LogP contribution >= 0.6 is 0 Å². The molecule has 1 unspecified atom stereocenters. The largest absolute Gasteiger partial charge is 0.480 e. The summed E-state index contributed by atoms with van der Waals surface area (Å²) >= 11 is 0. The standard InChI is InChI=1S/C13H22N2O3/c1-2-4-12(7-8-14-9-12)10(16)15-13(11(17)18)5-3-6-13/h14H,2-9H2,1H3,(H,15,16)(H,17,18).